The van der Waals surface area contributed by atoms with Gasteiger partial charge >= 0.3 is 17.9 Å². The van der Waals surface area contributed by atoms with E-state index in [0.717, 1.165) is 13.3 Å². The minimum atomic E-state index is -1.11. The molecule has 0 saturated carbocycles. The molecule has 3 amide bonds. The number of carbonyl (C=O) groups excluding carboxylic acids is 5. The van der Waals surface area contributed by atoms with E-state index in [-0.39, 0.29) is 23.1 Å². The number of hydrogen-bond acceptors (Lipinski definition) is 8. The van der Waals surface area contributed by atoms with Gasteiger partial charge in [-0.05, 0) is 43.5 Å². The third-order valence-corrected chi connectivity index (χ3v) is 5.85. The number of phenolic OH excluding ortho intramolecular Hbond substituents is 1. The lowest BCUT2D eigenvalue weighted by Crippen LogP contribution is -2.56. The van der Waals surface area contributed by atoms with E-state index in [1.807, 2.05) is 6.92 Å². The Bertz CT molecular complexity index is 1230. The van der Waals surface area contributed by atoms with Crippen LogP contribution in [0.5, 0.6) is 5.75 Å². The summed E-state index contributed by atoms with van der Waals surface area (Å²) in [5.74, 6) is -4.55. The van der Waals surface area contributed by atoms with Crippen LogP contribution < -0.4 is 16.0 Å². The Morgan fingerprint density at radius 1 is 0.833 bits per heavy atom. The number of para-hydroxylation sites is 1. The summed E-state index contributed by atoms with van der Waals surface area (Å²) in [4.78, 5) is 70.1. The molecule has 0 heterocycles. The Morgan fingerprint density at radius 2 is 1.43 bits per heavy atom. The first-order chi connectivity index (χ1) is 19.8. The summed E-state index contributed by atoms with van der Waals surface area (Å²) in [6.07, 6.45) is 1.79. The largest absolute Gasteiger partial charge is 0.507 e. The van der Waals surface area contributed by atoms with Crippen molar-refractivity contribution in [1.82, 2.24) is 16.0 Å². The average molecular weight is 586 g/mol. The van der Waals surface area contributed by atoms with Crippen LogP contribution in [-0.2, 0) is 23.9 Å². The number of ether oxygens (including phenoxy) is 1. The molecule has 0 bridgehead atoms. The molecule has 0 unspecified atom stereocenters. The highest BCUT2D eigenvalue weighted by molar-refractivity contribution is 5.99. The molecule has 3 atom stereocenters. The number of esters is 2. The van der Waals surface area contributed by atoms with Gasteiger partial charge in [-0.3, -0.25) is 19.2 Å². The molecular formula is C30H39N3O9. The van der Waals surface area contributed by atoms with E-state index < -0.39 is 47.8 Å². The molecule has 2 aromatic carbocycles. The van der Waals surface area contributed by atoms with E-state index >= 15 is 0 Å². The number of unbranched alkanes of at least 4 members (excludes halogenated alkanes) is 1. The highest BCUT2D eigenvalue weighted by atomic mass is 16.6. The van der Waals surface area contributed by atoms with Gasteiger partial charge in [0.05, 0.1) is 0 Å². The molecule has 0 aliphatic rings. The molecule has 0 radical (unpaired) electrons. The molecule has 5 N–H and O–H groups in total. The van der Waals surface area contributed by atoms with Gasteiger partial charge in [-0.2, -0.15) is 0 Å². The maximum Gasteiger partial charge on any atom is 0.349 e. The van der Waals surface area contributed by atoms with Gasteiger partial charge in [-0.15, -0.1) is 0 Å². The van der Waals surface area contributed by atoms with E-state index in [9.17, 15) is 39.0 Å². The second kappa shape index (κ2) is 17.8. The van der Waals surface area contributed by atoms with Gasteiger partial charge in [0.2, 0.25) is 11.8 Å². The second-order valence-corrected chi connectivity index (χ2v) is 9.73. The monoisotopic (exact) mass is 585 g/mol. The lowest BCUT2D eigenvalue weighted by Gasteiger charge is -2.24. The number of phenols is 1. The maximum atomic E-state index is 12.6. The van der Waals surface area contributed by atoms with Crippen LogP contribution in [-0.4, -0.2) is 64.0 Å². The first kappa shape index (κ1) is 35.3. The van der Waals surface area contributed by atoms with Crippen molar-refractivity contribution >= 4 is 35.6 Å². The molecule has 0 aromatic heterocycles. The van der Waals surface area contributed by atoms with Crippen LogP contribution >= 0.6 is 0 Å². The summed E-state index contributed by atoms with van der Waals surface area (Å²) in [6, 6.07) is 11.6. The molecule has 228 valence electrons. The van der Waals surface area contributed by atoms with Crippen molar-refractivity contribution in [2.24, 2.45) is 5.92 Å². The zero-order valence-electron chi connectivity index (χ0n) is 24.4. The molecule has 2 rings (SSSR count). The van der Waals surface area contributed by atoms with Crippen molar-refractivity contribution in [2.45, 2.75) is 72.0 Å². The van der Waals surface area contributed by atoms with Crippen molar-refractivity contribution in [3.63, 3.8) is 0 Å². The van der Waals surface area contributed by atoms with Crippen LogP contribution in [0.1, 0.15) is 74.6 Å². The predicted octanol–water partition coefficient (Wildman–Crippen LogP) is 2.80. The van der Waals surface area contributed by atoms with Crippen LogP contribution in [0.15, 0.2) is 54.6 Å². The third kappa shape index (κ3) is 12.2. The van der Waals surface area contributed by atoms with E-state index in [0.29, 0.717) is 18.4 Å². The van der Waals surface area contributed by atoms with Gasteiger partial charge in [0.15, 0.2) is 0 Å². The summed E-state index contributed by atoms with van der Waals surface area (Å²) in [5.41, 5.74) is 0.412. The number of carboxylic acid groups (broad SMARTS) is 1. The minimum absolute atomic E-state index is 0.0160. The number of rotatable bonds is 12. The fourth-order valence-corrected chi connectivity index (χ4v) is 3.51. The van der Waals surface area contributed by atoms with Crippen LogP contribution in [0.2, 0.25) is 0 Å². The molecule has 2 aromatic rings. The second-order valence-electron chi connectivity index (χ2n) is 9.73. The normalized spacial score (nSPS) is 12.4. The smallest absolute Gasteiger partial charge is 0.349 e. The molecule has 0 aliphatic carbocycles. The summed E-state index contributed by atoms with van der Waals surface area (Å²) in [7, 11) is 0. The number of carboxylic acids is 1. The molecule has 0 aliphatic heterocycles. The number of aromatic hydroxyl groups is 1. The molecule has 12 nitrogen and oxygen atoms in total. The Kier molecular flexibility index (Phi) is 15.0. The summed E-state index contributed by atoms with van der Waals surface area (Å²) >= 11 is 0. The van der Waals surface area contributed by atoms with Crippen LogP contribution in [0.4, 0.5) is 0 Å². The topological polar surface area (TPSA) is 188 Å². The summed E-state index contributed by atoms with van der Waals surface area (Å²) in [6.45, 7) is 8.09. The summed E-state index contributed by atoms with van der Waals surface area (Å²) < 4.78 is 4.28. The van der Waals surface area contributed by atoms with Crippen molar-refractivity contribution in [1.29, 1.82) is 0 Å². The molecule has 12 heteroatoms. The zero-order chi connectivity index (χ0) is 31.8. The first-order valence-corrected chi connectivity index (χ1v) is 13.5. The van der Waals surface area contributed by atoms with E-state index in [2.05, 4.69) is 20.7 Å². The zero-order valence-corrected chi connectivity index (χ0v) is 24.4. The standard InChI is InChI=1S/C21H31N3O5.C9H8O4/c1-5-6-12-16(21(28)29)23-18(25)14(4)22-20(27)17(13(2)3)24-19(26)15-10-8-7-9-11-15;1-6(10)13-9(12)7-4-2-3-5-8(7)11/h7-11,13-14,16-17H,5-6,12H2,1-4H3,(H,22,27)(H,23,25)(H,24,26)(H,28,29);2-5,11H,1H3/t14-,16-,17-;/m0./s1. The Balaban J connectivity index is 0.000000563. The Labute approximate surface area is 244 Å². The molecule has 42 heavy (non-hydrogen) atoms. The number of nitrogens with one attached hydrogen (secondary N) is 3. The highest BCUT2D eigenvalue weighted by Crippen LogP contribution is 2.16. The maximum absolute atomic E-state index is 12.6. The Morgan fingerprint density at radius 3 is 1.95 bits per heavy atom. The number of carbonyl (C=O) groups is 6. The Hall–Kier alpha value is -4.74. The summed E-state index contributed by atoms with van der Waals surface area (Å²) in [5, 5.41) is 26.1. The van der Waals surface area contributed by atoms with Crippen molar-refractivity contribution in [2.75, 3.05) is 0 Å². The van der Waals surface area contributed by atoms with Crippen LogP contribution in [0, 0.1) is 5.92 Å². The fraction of sp³-hybridized carbons (Fsp3) is 0.400. The third-order valence-electron chi connectivity index (χ3n) is 5.85. The van der Waals surface area contributed by atoms with Crippen molar-refractivity contribution in [3.8, 4) is 5.75 Å². The van der Waals surface area contributed by atoms with Gasteiger partial charge in [0.1, 0.15) is 29.4 Å². The molecule has 0 fully saturated rings. The fourth-order valence-electron chi connectivity index (χ4n) is 3.51. The van der Waals surface area contributed by atoms with E-state index in [4.69, 9.17) is 0 Å². The number of benzene rings is 2. The molecule has 0 spiro atoms. The van der Waals surface area contributed by atoms with Gasteiger partial charge in [0.25, 0.3) is 5.91 Å². The highest BCUT2D eigenvalue weighted by Gasteiger charge is 2.29. The number of amides is 3. The average Bonchev–Trinajstić information content (AvgIpc) is 2.93. The number of aliphatic carboxylic acids is 1. The van der Waals surface area contributed by atoms with Gasteiger partial charge in [0, 0.05) is 12.5 Å². The lowest BCUT2D eigenvalue weighted by atomic mass is 10.0. The minimum Gasteiger partial charge on any atom is -0.507 e. The molecular weight excluding hydrogens is 546 g/mol. The van der Waals surface area contributed by atoms with Crippen LogP contribution in [0.25, 0.3) is 0 Å². The SMILES string of the molecule is CC(=O)OC(=O)c1ccccc1O.CCCC[C@H](NC(=O)[C@H](C)NC(=O)[C@@H](NC(=O)c1ccccc1)C(C)C)C(=O)O. The lowest BCUT2D eigenvalue weighted by molar-refractivity contribution is -0.142. The van der Waals surface area contributed by atoms with E-state index in [1.54, 1.807) is 56.3 Å². The van der Waals surface area contributed by atoms with Crippen LogP contribution in [0.3, 0.4) is 0 Å². The van der Waals surface area contributed by atoms with Gasteiger partial charge < -0.3 is 30.9 Å². The van der Waals surface area contributed by atoms with Crippen molar-refractivity contribution < 1.29 is 43.7 Å². The quantitative estimate of drug-likeness (QED) is 0.184. The van der Waals surface area contributed by atoms with E-state index in [1.165, 1.54) is 19.1 Å². The number of hydrogen-bond donors (Lipinski definition) is 5. The van der Waals surface area contributed by atoms with Crippen molar-refractivity contribution in [3.05, 3.63) is 65.7 Å². The van der Waals surface area contributed by atoms with Gasteiger partial charge in [-0.1, -0.05) is 63.9 Å². The molecule has 0 saturated heterocycles. The van der Waals surface area contributed by atoms with Gasteiger partial charge in [-0.25, -0.2) is 9.59 Å². The first-order valence-electron chi connectivity index (χ1n) is 13.5. The predicted molar refractivity (Wildman–Crippen MR) is 153 cm³/mol.